The average Bonchev–Trinajstić information content (AvgIpc) is 2.61. The van der Waals surface area contributed by atoms with Gasteiger partial charge in [0.2, 0.25) is 0 Å². The number of nitrogens with zero attached hydrogens (tertiary/aromatic N) is 1. The molecule has 28 heavy (non-hydrogen) atoms. The predicted octanol–water partition coefficient (Wildman–Crippen LogP) is 2.67. The largest absolute Gasteiger partial charge is 0.450 e. The van der Waals surface area contributed by atoms with Crippen molar-refractivity contribution in [3.63, 3.8) is 0 Å². The first kappa shape index (κ1) is 22.4. The fourth-order valence-electron chi connectivity index (χ4n) is 3.31. The minimum Gasteiger partial charge on any atom is -0.450 e. The number of amides is 1. The monoisotopic (exact) mass is 411 g/mol. The molecule has 0 saturated carbocycles. The first-order chi connectivity index (χ1) is 13.0. The number of likely N-dealkylation sites (tertiary alicyclic amines) is 1. The van der Waals surface area contributed by atoms with Crippen molar-refractivity contribution in [1.29, 1.82) is 0 Å². The molecule has 0 atom stereocenters. The minimum absolute atomic E-state index is 0.119. The second kappa shape index (κ2) is 9.05. The first-order valence-corrected chi connectivity index (χ1v) is 10.9. The van der Waals surface area contributed by atoms with Gasteiger partial charge in [-0.25, -0.2) is 0 Å². The molecule has 156 valence electrons. The van der Waals surface area contributed by atoms with Gasteiger partial charge in [-0.05, 0) is 58.1 Å². The van der Waals surface area contributed by atoms with E-state index in [0.717, 1.165) is 18.4 Å². The molecule has 1 aliphatic heterocycles. The van der Waals surface area contributed by atoms with Crippen LogP contribution in [-0.2, 0) is 28.6 Å². The van der Waals surface area contributed by atoms with Crippen LogP contribution in [-0.4, -0.2) is 50.5 Å². The second-order valence-electron chi connectivity index (χ2n) is 7.72. The van der Waals surface area contributed by atoms with Crippen molar-refractivity contribution in [2.75, 3.05) is 19.7 Å². The number of esters is 1. The average molecular weight is 412 g/mol. The minimum atomic E-state index is -3.75. The molecule has 1 saturated heterocycles. The normalized spacial score (nSPS) is 16.1. The van der Waals surface area contributed by atoms with E-state index in [4.69, 9.17) is 8.92 Å². The van der Waals surface area contributed by atoms with Crippen LogP contribution in [0.3, 0.4) is 0 Å². The van der Waals surface area contributed by atoms with Gasteiger partial charge in [-0.3, -0.25) is 13.8 Å². The highest BCUT2D eigenvalue weighted by atomic mass is 32.2. The van der Waals surface area contributed by atoms with E-state index in [1.165, 1.54) is 6.92 Å². The highest BCUT2D eigenvalue weighted by molar-refractivity contribution is 7.86. The van der Waals surface area contributed by atoms with Crippen LogP contribution in [0.25, 0.3) is 0 Å². The van der Waals surface area contributed by atoms with E-state index in [2.05, 4.69) is 0 Å². The van der Waals surface area contributed by atoms with E-state index in [1.54, 1.807) is 43.0 Å². The van der Waals surface area contributed by atoms with Gasteiger partial charge >= 0.3 is 5.97 Å². The van der Waals surface area contributed by atoms with E-state index in [1.807, 2.05) is 6.92 Å². The fraction of sp³-hybridized carbons (Fsp3) is 0.600. The first-order valence-electron chi connectivity index (χ1n) is 9.46. The Morgan fingerprint density at radius 1 is 1.14 bits per heavy atom. The van der Waals surface area contributed by atoms with Crippen molar-refractivity contribution in [3.05, 3.63) is 29.8 Å². The van der Waals surface area contributed by atoms with Crippen LogP contribution in [0.4, 0.5) is 0 Å². The number of rotatable bonds is 7. The van der Waals surface area contributed by atoms with Crippen LogP contribution in [0.1, 0.15) is 45.6 Å². The molecule has 0 bridgehead atoms. The van der Waals surface area contributed by atoms with Gasteiger partial charge in [0.05, 0.1) is 11.5 Å². The molecular weight excluding hydrogens is 382 g/mol. The molecular formula is C20H29NO6S. The lowest BCUT2D eigenvalue weighted by Gasteiger charge is -2.36. The number of benzene rings is 1. The summed E-state index contributed by atoms with van der Waals surface area (Å²) < 4.78 is 34.7. The summed E-state index contributed by atoms with van der Waals surface area (Å²) in [6, 6.07) is 6.56. The van der Waals surface area contributed by atoms with E-state index < -0.39 is 21.7 Å². The number of ether oxygens (including phenoxy) is 1. The maximum Gasteiger partial charge on any atom is 0.303 e. The molecule has 0 radical (unpaired) electrons. The van der Waals surface area contributed by atoms with Crippen molar-refractivity contribution < 1.29 is 26.9 Å². The lowest BCUT2D eigenvalue weighted by atomic mass is 9.93. The van der Waals surface area contributed by atoms with Gasteiger partial charge in [0.1, 0.15) is 0 Å². The number of carbonyl (C=O) groups excluding carboxylic acids is 2. The highest BCUT2D eigenvalue weighted by Crippen LogP contribution is 2.24. The van der Waals surface area contributed by atoms with Crippen molar-refractivity contribution in [2.24, 2.45) is 5.92 Å². The number of aryl methyl sites for hydroxylation is 1. The Kier molecular flexibility index (Phi) is 7.22. The number of hydrogen-bond acceptors (Lipinski definition) is 6. The topological polar surface area (TPSA) is 90.0 Å². The Bertz CT molecular complexity index is 792. The third-order valence-electron chi connectivity index (χ3n) is 4.89. The summed E-state index contributed by atoms with van der Waals surface area (Å²) in [7, 11) is -3.75. The maximum atomic E-state index is 12.5. The number of piperidine rings is 1. The Morgan fingerprint density at radius 3 is 2.25 bits per heavy atom. The Labute approximate surface area is 167 Å². The zero-order valence-electron chi connectivity index (χ0n) is 16.9. The zero-order valence-corrected chi connectivity index (χ0v) is 17.8. The predicted molar refractivity (Wildman–Crippen MR) is 104 cm³/mol. The zero-order chi connectivity index (χ0) is 20.9. The highest BCUT2D eigenvalue weighted by Gasteiger charge is 2.36. The molecule has 0 unspecified atom stereocenters. The molecule has 1 aliphatic rings. The van der Waals surface area contributed by atoms with Crippen LogP contribution in [0.15, 0.2) is 29.2 Å². The molecule has 1 aromatic carbocycles. The Balaban J connectivity index is 1.79. The van der Waals surface area contributed by atoms with Gasteiger partial charge in [-0.15, -0.1) is 0 Å². The summed E-state index contributed by atoms with van der Waals surface area (Å²) in [6.45, 7) is 7.58. The van der Waals surface area contributed by atoms with E-state index in [0.29, 0.717) is 19.5 Å². The van der Waals surface area contributed by atoms with Gasteiger partial charge in [0, 0.05) is 20.0 Å². The maximum absolute atomic E-state index is 12.5. The van der Waals surface area contributed by atoms with E-state index in [9.17, 15) is 18.0 Å². The lowest BCUT2D eigenvalue weighted by Crippen LogP contribution is -2.50. The SMILES string of the molecule is CC(=O)OC(C)(C)C(=O)N1CCC(CCOS(=O)(=O)c2ccc(C)cc2)CC1. The molecule has 8 heteroatoms. The van der Waals surface area contributed by atoms with Gasteiger partial charge in [0.25, 0.3) is 16.0 Å². The molecule has 2 rings (SSSR count). The van der Waals surface area contributed by atoms with Crippen molar-refractivity contribution in [3.8, 4) is 0 Å². The summed E-state index contributed by atoms with van der Waals surface area (Å²) in [4.78, 5) is 25.6. The van der Waals surface area contributed by atoms with Gasteiger partial charge < -0.3 is 9.64 Å². The molecule has 1 fully saturated rings. The smallest absolute Gasteiger partial charge is 0.303 e. The molecule has 0 spiro atoms. The summed E-state index contributed by atoms with van der Waals surface area (Å²) >= 11 is 0. The molecule has 0 N–H and O–H groups in total. The van der Waals surface area contributed by atoms with Crippen molar-refractivity contribution in [1.82, 2.24) is 4.90 Å². The van der Waals surface area contributed by atoms with Crippen LogP contribution < -0.4 is 0 Å². The van der Waals surface area contributed by atoms with Crippen LogP contribution in [0.2, 0.25) is 0 Å². The summed E-state index contributed by atoms with van der Waals surface area (Å²) in [5.74, 6) is -0.409. The fourth-order valence-corrected chi connectivity index (χ4v) is 4.23. The molecule has 1 amide bonds. The number of carbonyl (C=O) groups is 2. The van der Waals surface area contributed by atoms with Crippen LogP contribution >= 0.6 is 0 Å². The lowest BCUT2D eigenvalue weighted by molar-refractivity contribution is -0.169. The third kappa shape index (κ3) is 6.04. The summed E-state index contributed by atoms with van der Waals surface area (Å²) in [5.41, 5.74) is -0.193. The van der Waals surface area contributed by atoms with Gasteiger partial charge in [0.15, 0.2) is 5.60 Å². The Hall–Kier alpha value is -1.93. The summed E-state index contributed by atoms with van der Waals surface area (Å²) in [5, 5.41) is 0. The summed E-state index contributed by atoms with van der Waals surface area (Å²) in [6.07, 6.45) is 2.13. The standard InChI is InChI=1S/C20H29NO6S/c1-15-5-7-18(8-6-15)28(24,25)26-14-11-17-9-12-21(13-10-17)19(23)20(3,4)27-16(2)22/h5-8,17H,9-14H2,1-4H3. The van der Waals surface area contributed by atoms with Gasteiger partial charge in [-0.2, -0.15) is 8.42 Å². The van der Waals surface area contributed by atoms with Crippen LogP contribution in [0.5, 0.6) is 0 Å². The molecule has 7 nitrogen and oxygen atoms in total. The van der Waals surface area contributed by atoms with E-state index in [-0.39, 0.29) is 23.3 Å². The molecule has 1 heterocycles. The van der Waals surface area contributed by atoms with Crippen molar-refractivity contribution in [2.45, 2.75) is 57.5 Å². The molecule has 1 aromatic rings. The quantitative estimate of drug-likeness (QED) is 0.506. The van der Waals surface area contributed by atoms with Crippen molar-refractivity contribution >= 4 is 22.0 Å². The van der Waals surface area contributed by atoms with E-state index >= 15 is 0 Å². The third-order valence-corrected chi connectivity index (χ3v) is 6.22. The second-order valence-corrected chi connectivity index (χ2v) is 9.33. The Morgan fingerprint density at radius 2 is 1.71 bits per heavy atom. The number of hydrogen-bond donors (Lipinski definition) is 0. The molecule has 0 aliphatic carbocycles. The van der Waals surface area contributed by atoms with Crippen LogP contribution in [0, 0.1) is 12.8 Å². The molecule has 0 aromatic heterocycles. The van der Waals surface area contributed by atoms with Gasteiger partial charge in [-0.1, -0.05) is 17.7 Å².